The van der Waals surface area contributed by atoms with Gasteiger partial charge in [0.1, 0.15) is 24.4 Å². The Labute approximate surface area is 123 Å². The largest absolute Gasteiger partial charge is 0.463 e. The lowest BCUT2D eigenvalue weighted by Crippen LogP contribution is -2.41. The molecule has 7 heteroatoms. The number of methoxy groups -OCH3 is 1. The molecule has 0 amide bonds. The third-order valence-electron chi connectivity index (χ3n) is 3.49. The quantitative estimate of drug-likeness (QED) is 0.580. The van der Waals surface area contributed by atoms with Crippen LogP contribution in [0.15, 0.2) is 12.2 Å². The molecule has 0 bridgehead atoms. The normalized spacial score (nSPS) is 35.3. The van der Waals surface area contributed by atoms with Gasteiger partial charge in [-0.25, -0.2) is 4.79 Å². The SMILES string of the molecule is C=C(C(=O)OCC)C(O)[C@H]1O[C@H](OC)[C@H]2OC(C)(C)O[C@H]21. The van der Waals surface area contributed by atoms with Crippen molar-refractivity contribution in [3.63, 3.8) is 0 Å². The minimum absolute atomic E-state index is 0.0781. The minimum atomic E-state index is -1.26. The van der Waals surface area contributed by atoms with Gasteiger partial charge in [-0.05, 0) is 20.8 Å². The van der Waals surface area contributed by atoms with E-state index in [4.69, 9.17) is 23.7 Å². The number of aliphatic hydroxyl groups excluding tert-OH is 1. The van der Waals surface area contributed by atoms with Crippen molar-refractivity contribution in [1.29, 1.82) is 0 Å². The van der Waals surface area contributed by atoms with Crippen molar-refractivity contribution in [1.82, 2.24) is 0 Å². The number of ether oxygens (including phenoxy) is 5. The lowest BCUT2D eigenvalue weighted by atomic mass is 10.0. The van der Waals surface area contributed by atoms with Crippen LogP contribution in [0.2, 0.25) is 0 Å². The minimum Gasteiger partial charge on any atom is -0.463 e. The van der Waals surface area contributed by atoms with Crippen LogP contribution in [0.4, 0.5) is 0 Å². The summed E-state index contributed by atoms with van der Waals surface area (Å²) in [5.74, 6) is -1.47. The first-order chi connectivity index (χ1) is 9.80. The average Bonchev–Trinajstić information content (AvgIpc) is 2.90. The Kier molecular flexibility index (Phi) is 4.69. The van der Waals surface area contributed by atoms with Gasteiger partial charge >= 0.3 is 5.97 Å². The molecule has 0 saturated carbocycles. The number of carbonyl (C=O) groups excluding carboxylic acids is 1. The first-order valence-corrected chi connectivity index (χ1v) is 6.88. The highest BCUT2D eigenvalue weighted by Gasteiger charge is 2.58. The Morgan fingerprint density at radius 2 is 2.00 bits per heavy atom. The van der Waals surface area contributed by atoms with E-state index in [1.807, 2.05) is 0 Å². The maximum atomic E-state index is 11.7. The van der Waals surface area contributed by atoms with E-state index in [1.54, 1.807) is 20.8 Å². The van der Waals surface area contributed by atoms with Gasteiger partial charge in [-0.2, -0.15) is 0 Å². The molecule has 0 aromatic heterocycles. The zero-order chi connectivity index (χ0) is 15.8. The molecular formula is C14H22O7. The molecule has 1 N–H and O–H groups in total. The van der Waals surface area contributed by atoms with Gasteiger partial charge in [-0.3, -0.25) is 0 Å². The lowest BCUT2D eigenvalue weighted by Gasteiger charge is -2.26. The van der Waals surface area contributed by atoms with Crippen LogP contribution in [-0.2, 0) is 28.5 Å². The zero-order valence-electron chi connectivity index (χ0n) is 12.7. The Morgan fingerprint density at radius 3 is 2.57 bits per heavy atom. The van der Waals surface area contributed by atoms with Gasteiger partial charge in [-0.1, -0.05) is 6.58 Å². The molecule has 0 aromatic rings. The number of aliphatic hydroxyl groups is 1. The van der Waals surface area contributed by atoms with Gasteiger partial charge in [0, 0.05) is 7.11 Å². The van der Waals surface area contributed by atoms with Crippen molar-refractivity contribution in [2.24, 2.45) is 0 Å². The smallest absolute Gasteiger partial charge is 0.336 e. The summed E-state index contributed by atoms with van der Waals surface area (Å²) < 4.78 is 27.1. The maximum Gasteiger partial charge on any atom is 0.336 e. The number of esters is 1. The molecule has 0 spiro atoms. The molecule has 0 radical (unpaired) electrons. The second-order valence-corrected chi connectivity index (χ2v) is 5.46. The summed E-state index contributed by atoms with van der Waals surface area (Å²) >= 11 is 0. The molecule has 7 nitrogen and oxygen atoms in total. The molecule has 120 valence electrons. The predicted octanol–water partition coefficient (Wildman–Crippen LogP) is 0.358. The van der Waals surface area contributed by atoms with Crippen LogP contribution in [-0.4, -0.2) is 61.3 Å². The van der Waals surface area contributed by atoms with Crippen molar-refractivity contribution in [2.45, 2.75) is 57.3 Å². The monoisotopic (exact) mass is 302 g/mol. The van der Waals surface area contributed by atoms with Gasteiger partial charge in [0.05, 0.1) is 12.2 Å². The van der Waals surface area contributed by atoms with Crippen molar-refractivity contribution < 1.29 is 33.6 Å². The summed E-state index contributed by atoms with van der Waals surface area (Å²) in [6.45, 7) is 8.99. The molecule has 2 heterocycles. The molecule has 1 unspecified atom stereocenters. The summed E-state index contributed by atoms with van der Waals surface area (Å²) in [6.07, 6.45) is -3.76. The fraction of sp³-hybridized carbons (Fsp3) is 0.786. The van der Waals surface area contributed by atoms with Crippen molar-refractivity contribution >= 4 is 5.97 Å². The van der Waals surface area contributed by atoms with Gasteiger partial charge in [0.25, 0.3) is 0 Å². The number of rotatable bonds is 5. The van der Waals surface area contributed by atoms with Crippen molar-refractivity contribution in [3.8, 4) is 0 Å². The molecule has 0 aromatic carbocycles. The van der Waals surface area contributed by atoms with Crippen LogP contribution in [0, 0.1) is 0 Å². The Morgan fingerprint density at radius 1 is 1.38 bits per heavy atom. The second-order valence-electron chi connectivity index (χ2n) is 5.46. The summed E-state index contributed by atoms with van der Waals surface area (Å²) in [5, 5.41) is 10.3. The van der Waals surface area contributed by atoms with E-state index in [-0.39, 0.29) is 12.2 Å². The van der Waals surface area contributed by atoms with Gasteiger partial charge < -0.3 is 28.8 Å². The number of hydrogen-bond acceptors (Lipinski definition) is 7. The topological polar surface area (TPSA) is 83.5 Å². The second kappa shape index (κ2) is 6.02. The van der Waals surface area contributed by atoms with Gasteiger partial charge in [0.15, 0.2) is 12.1 Å². The predicted molar refractivity (Wildman–Crippen MR) is 71.3 cm³/mol. The van der Waals surface area contributed by atoms with Crippen LogP contribution in [0.1, 0.15) is 20.8 Å². The number of hydrogen-bond donors (Lipinski definition) is 1. The van der Waals surface area contributed by atoms with Gasteiger partial charge in [-0.15, -0.1) is 0 Å². The van der Waals surface area contributed by atoms with E-state index in [9.17, 15) is 9.90 Å². The van der Waals surface area contributed by atoms with Crippen LogP contribution in [0.25, 0.3) is 0 Å². The van der Waals surface area contributed by atoms with E-state index >= 15 is 0 Å². The summed E-state index contributed by atoms with van der Waals surface area (Å²) in [5.41, 5.74) is -0.0781. The van der Waals surface area contributed by atoms with Crippen molar-refractivity contribution in [2.75, 3.05) is 13.7 Å². The molecule has 2 saturated heterocycles. The number of fused-ring (bicyclic) bond motifs is 1. The third-order valence-corrected chi connectivity index (χ3v) is 3.49. The Bertz CT molecular complexity index is 420. The van der Waals surface area contributed by atoms with E-state index < -0.39 is 42.5 Å². The summed E-state index contributed by atoms with van der Waals surface area (Å²) in [4.78, 5) is 11.7. The van der Waals surface area contributed by atoms with Crippen LogP contribution in [0.5, 0.6) is 0 Å². The first kappa shape index (κ1) is 16.4. The maximum absolute atomic E-state index is 11.7. The van der Waals surface area contributed by atoms with E-state index in [0.717, 1.165) is 0 Å². The fourth-order valence-electron chi connectivity index (χ4n) is 2.58. The van der Waals surface area contributed by atoms with E-state index in [1.165, 1.54) is 7.11 Å². The molecule has 2 aliphatic rings. The fourth-order valence-corrected chi connectivity index (χ4v) is 2.58. The molecule has 2 aliphatic heterocycles. The highest BCUT2D eigenvalue weighted by Crippen LogP contribution is 2.40. The zero-order valence-corrected chi connectivity index (χ0v) is 12.7. The molecule has 5 atom stereocenters. The van der Waals surface area contributed by atoms with Crippen LogP contribution in [0.3, 0.4) is 0 Å². The molecule has 0 aliphatic carbocycles. The molecular weight excluding hydrogens is 280 g/mol. The standard InChI is InChI=1S/C14H22O7/c1-6-18-12(16)7(2)8(15)9-10-11(13(17-5)19-9)21-14(3,4)20-10/h8-11,13,15H,2,6H2,1,3-5H3/t8?,9-,10+,11+,13+/m1/s1. The van der Waals surface area contributed by atoms with Crippen LogP contribution < -0.4 is 0 Å². The molecule has 2 rings (SSSR count). The Hall–Kier alpha value is -0.990. The van der Waals surface area contributed by atoms with Crippen LogP contribution >= 0.6 is 0 Å². The van der Waals surface area contributed by atoms with E-state index in [2.05, 4.69) is 6.58 Å². The Balaban J connectivity index is 2.12. The molecule has 21 heavy (non-hydrogen) atoms. The van der Waals surface area contributed by atoms with Crippen molar-refractivity contribution in [3.05, 3.63) is 12.2 Å². The number of carbonyl (C=O) groups is 1. The summed E-state index contributed by atoms with van der Waals surface area (Å²) in [7, 11) is 1.48. The lowest BCUT2D eigenvalue weighted by molar-refractivity contribution is -0.234. The summed E-state index contributed by atoms with van der Waals surface area (Å²) in [6, 6.07) is 0. The average molecular weight is 302 g/mol. The van der Waals surface area contributed by atoms with E-state index in [0.29, 0.717) is 0 Å². The third kappa shape index (κ3) is 3.12. The highest BCUT2D eigenvalue weighted by molar-refractivity contribution is 5.88. The van der Waals surface area contributed by atoms with Gasteiger partial charge in [0.2, 0.25) is 0 Å². The molecule has 2 fully saturated rings. The highest BCUT2D eigenvalue weighted by atomic mass is 16.8. The first-order valence-electron chi connectivity index (χ1n) is 6.88.